The van der Waals surface area contributed by atoms with E-state index in [1.807, 2.05) is 104 Å². The van der Waals surface area contributed by atoms with E-state index in [-0.39, 0.29) is 38.5 Å². The number of halogens is 3. The molecule has 3 N–H and O–H groups in total. The van der Waals surface area contributed by atoms with Gasteiger partial charge in [-0.3, -0.25) is 60.1 Å². The first-order valence-electron chi connectivity index (χ1n) is 46.6. The van der Waals surface area contributed by atoms with Crippen LogP contribution in [0, 0.1) is 119 Å². The molecule has 1 amide bonds. The number of nitrogens with two attached hydrogens (primary N) is 1. The fourth-order valence-corrected chi connectivity index (χ4v) is 14.5. The quantitative estimate of drug-likeness (QED) is 0.0442. The Hall–Kier alpha value is -15.2. The molecule has 0 bridgehead atoms. The molecule has 0 unspecified atom stereocenters. The van der Waals surface area contributed by atoms with Gasteiger partial charge in [0.2, 0.25) is 0 Å². The molecular weight excluding hydrogens is 1810 g/mol. The van der Waals surface area contributed by atoms with Gasteiger partial charge in [-0.25, -0.2) is 14.3 Å². The SMILES string of the molecule is C#CC(C)(C)C.C#Cc1cncc(N2CCN(C)CC2)c1.CN1CCN(c2cncc(C#CC(C)(C)C)c2)CC1.Cc1ccc(NC(=O)c2cccc(C(F)(F)F)n2)cc1-n1cc(-c2cncc(N3CCN(C)CC3)c2)nn1.Cc1ccc([N+](=O)[O-])cc1-n1cc(-c2cncc(N3CCN(C)CC3)c2)nn1.Cc1ccc([N+](=O)[O-])cc1C.Cc1ccc([N+](=O)[O-])cc1N.Cc1cncc(N2CCN(C)CC2)c1. The highest BCUT2D eigenvalue weighted by molar-refractivity contribution is 6.03. The minimum Gasteiger partial charge on any atom is -0.398 e. The van der Waals surface area contributed by atoms with Crippen LogP contribution >= 0.6 is 0 Å². The average molecular weight is 1940 g/mol. The molecule has 0 spiro atoms. The highest BCUT2D eigenvalue weighted by Crippen LogP contribution is 2.32. The topological polar surface area (TPSA) is 356 Å². The molecule has 5 saturated heterocycles. The zero-order valence-corrected chi connectivity index (χ0v) is 84.0. The highest BCUT2D eigenvalue weighted by atomic mass is 19.4. The second-order valence-electron chi connectivity index (χ2n) is 37.4. The van der Waals surface area contributed by atoms with E-state index in [0.29, 0.717) is 34.1 Å². The number of hydrogen-bond acceptors (Lipinski definition) is 28. The van der Waals surface area contributed by atoms with E-state index >= 15 is 0 Å². The number of rotatable bonds is 14. The first-order valence-corrected chi connectivity index (χ1v) is 46.6. The number of terminal acetylenes is 2. The summed E-state index contributed by atoms with van der Waals surface area (Å²) in [6.07, 6.45) is 27.8. The molecular formula is C105H128F3N27O7. The Balaban J connectivity index is 0.000000177. The zero-order valence-electron chi connectivity index (χ0n) is 84.0. The van der Waals surface area contributed by atoms with Crippen molar-refractivity contribution in [1.82, 2.24) is 84.4 Å². The summed E-state index contributed by atoms with van der Waals surface area (Å²) in [6.45, 7) is 44.8. The number of anilines is 7. The molecule has 34 nitrogen and oxygen atoms in total. The lowest BCUT2D eigenvalue weighted by Gasteiger charge is -2.33. The van der Waals surface area contributed by atoms with Crippen molar-refractivity contribution in [2.75, 3.05) is 202 Å². The van der Waals surface area contributed by atoms with Gasteiger partial charge in [-0.1, -0.05) is 58.5 Å². The number of alkyl halides is 3. The number of carbonyl (C=O) groups is 1. The molecule has 0 aliphatic carbocycles. The number of nitro groups is 3. The van der Waals surface area contributed by atoms with Crippen LogP contribution in [-0.2, 0) is 6.18 Å². The number of benzene rings is 4. The molecule has 13 heterocycles. The van der Waals surface area contributed by atoms with E-state index < -0.39 is 27.6 Å². The Morgan fingerprint density at radius 3 is 1.18 bits per heavy atom. The molecule has 17 rings (SSSR count). The lowest BCUT2D eigenvalue weighted by atomic mass is 9.97. The largest absolute Gasteiger partial charge is 0.433 e. The van der Waals surface area contributed by atoms with Gasteiger partial charge in [-0.05, 0) is 206 Å². The number of likely N-dealkylation sites (N-methyl/N-ethyl adjacent to an activating group) is 5. The van der Waals surface area contributed by atoms with E-state index in [4.69, 9.17) is 18.6 Å². The maximum Gasteiger partial charge on any atom is 0.433 e. The summed E-state index contributed by atoms with van der Waals surface area (Å²) in [4.78, 5) is 91.2. The Labute approximate surface area is 829 Å². The Bertz CT molecular complexity index is 6330. The van der Waals surface area contributed by atoms with Crippen LogP contribution in [0.15, 0.2) is 196 Å². The van der Waals surface area contributed by atoms with Gasteiger partial charge >= 0.3 is 6.18 Å². The summed E-state index contributed by atoms with van der Waals surface area (Å²) in [5.41, 5.74) is 22.8. The van der Waals surface area contributed by atoms with E-state index in [2.05, 4.69) is 210 Å². The van der Waals surface area contributed by atoms with Gasteiger partial charge in [-0.2, -0.15) is 13.2 Å². The first kappa shape index (κ1) is 109. The van der Waals surface area contributed by atoms with Gasteiger partial charge in [0.15, 0.2) is 0 Å². The number of nitrogens with zero attached hydrogens (tertiary/aromatic N) is 25. The van der Waals surface area contributed by atoms with Crippen molar-refractivity contribution in [2.24, 2.45) is 10.8 Å². The number of aryl methyl sites for hydroxylation is 6. The summed E-state index contributed by atoms with van der Waals surface area (Å²) in [5.74, 6) is 10.9. The average Bonchev–Trinajstić information content (AvgIpc) is 1.65. The summed E-state index contributed by atoms with van der Waals surface area (Å²) in [6, 6.07) is 32.8. The molecule has 0 saturated carbocycles. The second kappa shape index (κ2) is 51.1. The van der Waals surface area contributed by atoms with Crippen molar-refractivity contribution in [1.29, 1.82) is 0 Å². The molecule has 12 aromatic rings. The number of non-ortho nitro benzene ring substituents is 3. The monoisotopic (exact) mass is 1940 g/mol. The van der Waals surface area contributed by atoms with Crippen LogP contribution in [0.25, 0.3) is 33.9 Å². The van der Waals surface area contributed by atoms with Gasteiger partial charge in [0.1, 0.15) is 22.8 Å². The number of aromatic nitrogens is 12. The third-order valence-electron chi connectivity index (χ3n) is 23.7. The fourth-order valence-electron chi connectivity index (χ4n) is 14.5. The number of nitrogen functional groups attached to an aromatic ring is 1. The van der Waals surface area contributed by atoms with Crippen molar-refractivity contribution in [3.63, 3.8) is 0 Å². The van der Waals surface area contributed by atoms with Crippen LogP contribution in [0.4, 0.5) is 70.0 Å². The van der Waals surface area contributed by atoms with Crippen LogP contribution in [0.2, 0.25) is 0 Å². The van der Waals surface area contributed by atoms with Crippen molar-refractivity contribution in [3.8, 4) is 70.4 Å². The molecule has 5 aliphatic rings. The normalized spacial score (nSPS) is 14.7. The number of hydrogen-bond donors (Lipinski definition) is 2. The molecule has 746 valence electrons. The highest BCUT2D eigenvalue weighted by Gasteiger charge is 2.33. The third-order valence-corrected chi connectivity index (χ3v) is 23.7. The predicted octanol–water partition coefficient (Wildman–Crippen LogP) is 15.9. The number of piperazine rings is 5. The van der Waals surface area contributed by atoms with Gasteiger partial charge < -0.3 is 60.0 Å². The summed E-state index contributed by atoms with van der Waals surface area (Å²) < 4.78 is 42.1. The van der Waals surface area contributed by atoms with Crippen LogP contribution in [0.3, 0.4) is 0 Å². The molecule has 5 aliphatic heterocycles. The molecule has 0 atom stereocenters. The molecule has 5 fully saturated rings. The summed E-state index contributed by atoms with van der Waals surface area (Å²) in [7, 11) is 10.7. The molecule has 8 aromatic heterocycles. The number of pyridine rings is 6. The third kappa shape index (κ3) is 33.8. The maximum absolute atomic E-state index is 13.0. The predicted molar refractivity (Wildman–Crippen MR) is 556 cm³/mol. The number of nitrogens with one attached hydrogen (secondary N) is 1. The van der Waals surface area contributed by atoms with E-state index in [9.17, 15) is 48.3 Å². The number of carbonyl (C=O) groups excluding carboxylic acids is 1. The molecule has 142 heavy (non-hydrogen) atoms. The van der Waals surface area contributed by atoms with Crippen molar-refractivity contribution in [2.45, 2.75) is 89.3 Å². The lowest BCUT2D eigenvalue weighted by molar-refractivity contribution is -0.385. The van der Waals surface area contributed by atoms with E-state index in [1.165, 1.54) is 53.3 Å². The van der Waals surface area contributed by atoms with Crippen LogP contribution in [-0.4, -0.2) is 271 Å². The second-order valence-corrected chi connectivity index (χ2v) is 37.4. The maximum atomic E-state index is 13.0. The summed E-state index contributed by atoms with van der Waals surface area (Å²) in [5, 5.41) is 51.2. The standard InChI is InChI=1S/C26H25F3N8O.C19H21N7O2.C16H23N3.C12H15N3.C11H17N3.C8H9NO2.C7H8N2O2.C6H10/c1-17-6-7-19(31-25(38)21-4-3-5-24(32-21)26(27,28)29)13-23(17)37-16-22(33-34-37)18-12-20(15-30-14-18)36-10-8-35(2)9-11-36;1-14-3-4-16(26(27)28)10-19(14)25-13-18(21-22-25)15-9-17(12-20-11-15)24-7-5-23(2)6-8-24;1-16(2,3)6-5-14-11-15(13-17-12-14)19-9-7-18(4)8-10-19;1-3-11-8-12(10-13-9-11)15-6-4-14(2)5-7-15;1-10-7-11(9-12-8-10)14-5-3-13(2)4-6-14;1-6-3-4-8(9(10)11)5-7(6)2;1-5-2-3-6(9(10)11)4-7(5)8;1-5-6(2,3)4/h3-7,12-16H,8-11H2,1-2H3,(H,31,38);3-4,9-13H,5-8H2,1-2H3;11-13H,7-10H2,1-4H3;1,8-10H,4-7H2,2H3;7-9H,3-6H2,1-2H3;3-5H,1-2H3;2-4H,8H2,1H3;1H,2-4H3. The van der Waals surface area contributed by atoms with Crippen molar-refractivity contribution >= 4 is 62.8 Å². The minimum absolute atomic E-state index is 0.0244. The van der Waals surface area contributed by atoms with E-state index in [1.54, 1.807) is 89.7 Å². The minimum atomic E-state index is -4.64. The van der Waals surface area contributed by atoms with Gasteiger partial charge in [0, 0.05) is 243 Å². The van der Waals surface area contributed by atoms with Gasteiger partial charge in [0.05, 0.1) is 98.0 Å². The molecule has 37 heteroatoms. The number of nitro benzene ring substituents is 3. The Morgan fingerprint density at radius 1 is 0.415 bits per heavy atom. The smallest absolute Gasteiger partial charge is 0.398 e. The Kier molecular flexibility index (Phi) is 39.2. The van der Waals surface area contributed by atoms with Crippen LogP contribution < -0.4 is 35.6 Å². The number of amides is 1. The van der Waals surface area contributed by atoms with Gasteiger partial charge in [0.25, 0.3) is 23.0 Å². The van der Waals surface area contributed by atoms with Gasteiger partial charge in [-0.15, -0.1) is 29.0 Å². The fraction of sp³-hybridized carbons (Fsp3) is 0.381. The molecule has 4 aromatic carbocycles. The Morgan fingerprint density at radius 2 is 0.782 bits per heavy atom. The van der Waals surface area contributed by atoms with Crippen LogP contribution in [0.1, 0.15) is 102 Å². The van der Waals surface area contributed by atoms with Crippen molar-refractivity contribution in [3.05, 3.63) is 282 Å². The summed E-state index contributed by atoms with van der Waals surface area (Å²) >= 11 is 0. The van der Waals surface area contributed by atoms with Crippen molar-refractivity contribution < 1.29 is 32.7 Å². The first-order chi connectivity index (χ1) is 67.4. The van der Waals surface area contributed by atoms with E-state index in [0.717, 1.165) is 210 Å². The molecule has 0 radical (unpaired) electrons. The van der Waals surface area contributed by atoms with Crippen LogP contribution in [0.5, 0.6) is 0 Å². The lowest BCUT2D eigenvalue weighted by Crippen LogP contribution is -2.44. The zero-order chi connectivity index (χ0) is 103.